The molecule has 1 aromatic heterocycles. The van der Waals surface area contributed by atoms with Crippen LogP contribution in [0.5, 0.6) is 0 Å². The number of aromatic nitrogens is 2. The highest BCUT2D eigenvalue weighted by molar-refractivity contribution is 7.91. The minimum Gasteiger partial charge on any atom is -0.318 e. The fourth-order valence-electron chi connectivity index (χ4n) is 3.49. The van der Waals surface area contributed by atoms with Gasteiger partial charge < -0.3 is 4.57 Å². The van der Waals surface area contributed by atoms with Gasteiger partial charge in [0, 0.05) is 19.1 Å². The van der Waals surface area contributed by atoms with E-state index in [0.717, 1.165) is 18.7 Å². The first kappa shape index (κ1) is 20.4. The molecule has 6 heteroatoms. The standard InChI is InChI=1S/C19H35N3O2S/c1-15(2)11-12-22-18(13-20-19(22)25(23,24)16(3)4)14-21(5)17-9-7-6-8-10-17/h13,15-17H,6-12,14H2,1-5H3. The molecule has 1 heterocycles. The minimum absolute atomic E-state index is 0.246. The average molecular weight is 370 g/mol. The molecular weight excluding hydrogens is 334 g/mol. The Labute approximate surface area is 153 Å². The van der Waals surface area contributed by atoms with Crippen molar-refractivity contribution in [2.45, 2.75) is 95.8 Å². The maximum absolute atomic E-state index is 12.7. The van der Waals surface area contributed by atoms with Crippen LogP contribution < -0.4 is 0 Å². The summed E-state index contributed by atoms with van der Waals surface area (Å²) in [6.45, 7) is 9.27. The average Bonchev–Trinajstić information content (AvgIpc) is 2.96. The summed E-state index contributed by atoms with van der Waals surface area (Å²) in [7, 11) is -1.20. The Kier molecular flexibility index (Phi) is 7.09. The van der Waals surface area contributed by atoms with Gasteiger partial charge in [0.2, 0.25) is 15.0 Å². The molecule has 0 unspecified atom stereocenters. The van der Waals surface area contributed by atoms with Crippen LogP contribution in [0.4, 0.5) is 0 Å². The summed E-state index contributed by atoms with van der Waals surface area (Å²) >= 11 is 0. The molecule has 1 aromatic rings. The summed E-state index contributed by atoms with van der Waals surface area (Å²) in [6.07, 6.45) is 9.16. The molecule has 0 radical (unpaired) electrons. The number of hydrogen-bond acceptors (Lipinski definition) is 4. The van der Waals surface area contributed by atoms with Crippen molar-refractivity contribution in [3.63, 3.8) is 0 Å². The van der Waals surface area contributed by atoms with Crippen LogP contribution in [0.25, 0.3) is 0 Å². The highest BCUT2D eigenvalue weighted by Gasteiger charge is 2.27. The Morgan fingerprint density at radius 3 is 2.40 bits per heavy atom. The second-order valence-corrected chi connectivity index (χ2v) is 10.6. The highest BCUT2D eigenvalue weighted by atomic mass is 32.2. The largest absolute Gasteiger partial charge is 0.318 e. The molecule has 25 heavy (non-hydrogen) atoms. The third-order valence-corrected chi connectivity index (χ3v) is 7.39. The quantitative estimate of drug-likeness (QED) is 0.698. The number of rotatable bonds is 8. The normalized spacial score (nSPS) is 17.1. The van der Waals surface area contributed by atoms with Crippen molar-refractivity contribution in [1.29, 1.82) is 0 Å². The van der Waals surface area contributed by atoms with Gasteiger partial charge in [0.1, 0.15) is 0 Å². The molecule has 0 amide bonds. The van der Waals surface area contributed by atoms with Crippen LogP contribution >= 0.6 is 0 Å². The molecule has 144 valence electrons. The predicted octanol–water partition coefficient (Wildman–Crippen LogP) is 3.88. The first-order valence-corrected chi connectivity index (χ1v) is 11.3. The third-order valence-electron chi connectivity index (χ3n) is 5.32. The van der Waals surface area contributed by atoms with Crippen LogP contribution in [0.3, 0.4) is 0 Å². The maximum atomic E-state index is 12.7. The van der Waals surface area contributed by atoms with Crippen molar-refractivity contribution in [3.05, 3.63) is 11.9 Å². The molecule has 1 saturated carbocycles. The lowest BCUT2D eigenvalue weighted by Gasteiger charge is -2.31. The molecule has 1 aliphatic rings. The first-order chi connectivity index (χ1) is 11.7. The van der Waals surface area contributed by atoms with Gasteiger partial charge in [-0.3, -0.25) is 4.90 Å². The van der Waals surface area contributed by atoms with E-state index in [0.29, 0.717) is 18.5 Å². The van der Waals surface area contributed by atoms with Crippen molar-refractivity contribution >= 4 is 9.84 Å². The fourth-order valence-corrected chi connectivity index (χ4v) is 4.63. The van der Waals surface area contributed by atoms with Crippen molar-refractivity contribution in [1.82, 2.24) is 14.5 Å². The second kappa shape index (κ2) is 8.67. The number of hydrogen-bond donors (Lipinski definition) is 0. The van der Waals surface area contributed by atoms with Gasteiger partial charge in [-0.25, -0.2) is 13.4 Å². The number of imidazole rings is 1. The van der Waals surface area contributed by atoms with Gasteiger partial charge in [-0.2, -0.15) is 0 Å². The van der Waals surface area contributed by atoms with E-state index in [2.05, 4.69) is 30.8 Å². The van der Waals surface area contributed by atoms with Gasteiger partial charge in [0.15, 0.2) is 0 Å². The molecule has 0 aromatic carbocycles. The second-order valence-electron chi connectivity index (χ2n) is 8.17. The Bertz CT molecular complexity index is 644. The molecular formula is C19H35N3O2S. The molecule has 2 rings (SSSR count). The minimum atomic E-state index is -3.36. The highest BCUT2D eigenvalue weighted by Crippen LogP contribution is 2.24. The van der Waals surface area contributed by atoms with Crippen LogP contribution in [0.2, 0.25) is 0 Å². The lowest BCUT2D eigenvalue weighted by molar-refractivity contribution is 0.180. The maximum Gasteiger partial charge on any atom is 0.228 e. The van der Waals surface area contributed by atoms with Crippen molar-refractivity contribution in [3.8, 4) is 0 Å². The van der Waals surface area contributed by atoms with Gasteiger partial charge in [0.25, 0.3) is 0 Å². The Morgan fingerprint density at radius 2 is 1.84 bits per heavy atom. The van der Waals surface area contributed by atoms with Crippen molar-refractivity contribution in [2.75, 3.05) is 7.05 Å². The summed E-state index contributed by atoms with van der Waals surface area (Å²) in [4.78, 5) is 6.72. The van der Waals surface area contributed by atoms with Crippen molar-refractivity contribution < 1.29 is 8.42 Å². The molecule has 0 spiro atoms. The SMILES string of the molecule is CC(C)CCn1c(CN(C)C2CCCCC2)cnc1S(=O)(=O)C(C)C. The zero-order chi connectivity index (χ0) is 18.6. The van der Waals surface area contributed by atoms with Crippen molar-refractivity contribution in [2.24, 2.45) is 5.92 Å². The molecule has 1 aliphatic carbocycles. The first-order valence-electron chi connectivity index (χ1n) is 9.72. The monoisotopic (exact) mass is 369 g/mol. The van der Waals surface area contributed by atoms with Gasteiger partial charge in [0.05, 0.1) is 17.1 Å². The molecule has 1 fully saturated rings. The number of sulfone groups is 1. The van der Waals surface area contributed by atoms with E-state index in [4.69, 9.17) is 0 Å². The molecule has 5 nitrogen and oxygen atoms in total. The van der Waals surface area contributed by atoms with Crippen LogP contribution in [-0.2, 0) is 22.9 Å². The summed E-state index contributed by atoms with van der Waals surface area (Å²) in [5, 5.41) is -0.202. The van der Waals surface area contributed by atoms with Gasteiger partial charge in [-0.1, -0.05) is 33.1 Å². The molecule has 0 saturated heterocycles. The van der Waals surface area contributed by atoms with E-state index in [1.165, 1.54) is 32.1 Å². The molecule has 0 aliphatic heterocycles. The van der Waals surface area contributed by atoms with E-state index < -0.39 is 15.1 Å². The summed E-state index contributed by atoms with van der Waals surface area (Å²) in [6, 6.07) is 0.604. The van der Waals surface area contributed by atoms with E-state index >= 15 is 0 Å². The van der Waals surface area contributed by atoms with E-state index in [1.54, 1.807) is 20.0 Å². The van der Waals surface area contributed by atoms with Gasteiger partial charge >= 0.3 is 0 Å². The van der Waals surface area contributed by atoms with E-state index in [1.807, 2.05) is 4.57 Å². The molecule has 0 N–H and O–H groups in total. The summed E-state index contributed by atoms with van der Waals surface area (Å²) < 4.78 is 27.4. The molecule has 0 bridgehead atoms. The van der Waals surface area contributed by atoms with E-state index in [9.17, 15) is 8.42 Å². The van der Waals surface area contributed by atoms with Crippen LogP contribution in [0.15, 0.2) is 11.4 Å². The smallest absolute Gasteiger partial charge is 0.228 e. The fraction of sp³-hybridized carbons (Fsp3) is 0.842. The Morgan fingerprint density at radius 1 is 1.20 bits per heavy atom. The topological polar surface area (TPSA) is 55.2 Å². The Hall–Kier alpha value is -0.880. The molecule has 0 atom stereocenters. The summed E-state index contributed by atoms with van der Waals surface area (Å²) in [5.41, 5.74) is 1.02. The lowest BCUT2D eigenvalue weighted by Crippen LogP contribution is -2.33. The number of nitrogens with zero attached hydrogens (tertiary/aromatic N) is 3. The Balaban J connectivity index is 2.25. The van der Waals surface area contributed by atoms with Crippen LogP contribution in [0.1, 0.15) is 71.9 Å². The van der Waals surface area contributed by atoms with Gasteiger partial charge in [-0.05, 0) is 46.1 Å². The lowest BCUT2D eigenvalue weighted by atomic mass is 9.94. The zero-order valence-corrected chi connectivity index (χ0v) is 17.3. The third kappa shape index (κ3) is 5.07. The zero-order valence-electron chi connectivity index (χ0n) is 16.5. The predicted molar refractivity (Wildman–Crippen MR) is 102 cm³/mol. The van der Waals surface area contributed by atoms with Gasteiger partial charge in [-0.15, -0.1) is 0 Å². The van der Waals surface area contributed by atoms with E-state index in [-0.39, 0.29) is 5.16 Å². The van der Waals surface area contributed by atoms with Crippen LogP contribution in [-0.4, -0.2) is 41.2 Å². The van der Waals surface area contributed by atoms with Crippen LogP contribution in [0, 0.1) is 5.92 Å². The summed E-state index contributed by atoms with van der Waals surface area (Å²) in [5.74, 6) is 0.529.